The SMILES string of the molecule is COC1CC(C)(C)N(ON2C(C)(C)CC(OC)CC2(C)C)C(C)(C)C1. The summed E-state index contributed by atoms with van der Waals surface area (Å²) in [5.74, 6) is 0. The fourth-order valence-corrected chi connectivity index (χ4v) is 5.20. The predicted molar refractivity (Wildman–Crippen MR) is 101 cm³/mol. The Bertz CT molecular complexity index is 396. The van der Waals surface area contributed by atoms with E-state index in [0.717, 1.165) is 25.7 Å². The van der Waals surface area contributed by atoms with Crippen molar-refractivity contribution < 1.29 is 14.4 Å². The lowest BCUT2D eigenvalue weighted by atomic mass is 9.79. The van der Waals surface area contributed by atoms with Crippen molar-refractivity contribution in [1.29, 1.82) is 0 Å². The molecule has 2 heterocycles. The Morgan fingerprint density at radius 2 is 0.800 bits per heavy atom. The van der Waals surface area contributed by atoms with Gasteiger partial charge in [-0.1, -0.05) is 0 Å². The van der Waals surface area contributed by atoms with Crippen LogP contribution in [0.3, 0.4) is 0 Å². The molecule has 0 bridgehead atoms. The molecular weight excluding hydrogens is 316 g/mol. The van der Waals surface area contributed by atoms with E-state index in [9.17, 15) is 0 Å². The lowest BCUT2D eigenvalue weighted by Crippen LogP contribution is -2.69. The minimum atomic E-state index is -0.104. The molecule has 25 heavy (non-hydrogen) atoms. The van der Waals surface area contributed by atoms with E-state index >= 15 is 0 Å². The first-order valence-corrected chi connectivity index (χ1v) is 9.59. The quantitative estimate of drug-likeness (QED) is 0.755. The van der Waals surface area contributed by atoms with Crippen LogP contribution in [0, 0.1) is 0 Å². The zero-order chi connectivity index (χ0) is 19.3. The molecule has 148 valence electrons. The highest BCUT2D eigenvalue weighted by Crippen LogP contribution is 2.45. The molecule has 0 unspecified atom stereocenters. The average Bonchev–Trinajstić information content (AvgIpc) is 2.41. The summed E-state index contributed by atoms with van der Waals surface area (Å²) in [7, 11) is 3.63. The number of hydroxylamine groups is 4. The van der Waals surface area contributed by atoms with E-state index in [-0.39, 0.29) is 34.4 Å². The van der Waals surface area contributed by atoms with Crippen molar-refractivity contribution in [3.05, 3.63) is 0 Å². The third-order valence-corrected chi connectivity index (χ3v) is 5.94. The molecule has 0 aliphatic carbocycles. The highest BCUT2D eigenvalue weighted by molar-refractivity contribution is 5.00. The summed E-state index contributed by atoms with van der Waals surface area (Å²) in [6.45, 7) is 18.0. The minimum absolute atomic E-state index is 0.104. The maximum atomic E-state index is 6.73. The van der Waals surface area contributed by atoms with Gasteiger partial charge in [0, 0.05) is 36.4 Å². The molecule has 5 nitrogen and oxygen atoms in total. The Morgan fingerprint density at radius 3 is 1.00 bits per heavy atom. The zero-order valence-electron chi connectivity index (χ0n) is 18.1. The van der Waals surface area contributed by atoms with Crippen LogP contribution < -0.4 is 0 Å². The Hall–Kier alpha value is -0.200. The summed E-state index contributed by atoms with van der Waals surface area (Å²) in [4.78, 5) is 6.73. The lowest BCUT2D eigenvalue weighted by Gasteiger charge is -2.59. The summed E-state index contributed by atoms with van der Waals surface area (Å²) in [5.41, 5.74) is -0.418. The summed E-state index contributed by atoms with van der Waals surface area (Å²) in [6, 6.07) is 0. The second-order valence-electron chi connectivity index (χ2n) is 10.5. The van der Waals surface area contributed by atoms with Gasteiger partial charge in [0.25, 0.3) is 0 Å². The van der Waals surface area contributed by atoms with Crippen molar-refractivity contribution in [3.8, 4) is 0 Å². The molecule has 0 radical (unpaired) electrons. The minimum Gasteiger partial charge on any atom is -0.381 e. The van der Waals surface area contributed by atoms with E-state index in [1.807, 2.05) is 14.2 Å². The van der Waals surface area contributed by atoms with E-state index < -0.39 is 0 Å². The van der Waals surface area contributed by atoms with Crippen LogP contribution in [0.1, 0.15) is 81.1 Å². The standard InChI is InChI=1S/C20H40N2O3/c1-17(2)11-15(23-9)12-18(3,4)21(17)25-22-19(5,6)13-16(24-10)14-20(22,7)8/h15-16H,11-14H2,1-10H3. The molecule has 2 aliphatic rings. The van der Waals surface area contributed by atoms with Crippen LogP contribution in [0.2, 0.25) is 0 Å². The van der Waals surface area contributed by atoms with Crippen molar-refractivity contribution in [2.75, 3.05) is 14.2 Å². The molecular formula is C20H40N2O3. The van der Waals surface area contributed by atoms with Gasteiger partial charge >= 0.3 is 0 Å². The Morgan fingerprint density at radius 1 is 0.560 bits per heavy atom. The molecule has 0 aromatic rings. The van der Waals surface area contributed by atoms with Crippen LogP contribution in [0.15, 0.2) is 0 Å². The monoisotopic (exact) mass is 356 g/mol. The summed E-state index contributed by atoms with van der Waals surface area (Å²) in [5, 5.41) is 4.43. The maximum Gasteiger partial charge on any atom is 0.0608 e. The molecule has 0 aromatic heterocycles. The molecule has 0 aromatic carbocycles. The predicted octanol–water partition coefficient (Wildman–Crippen LogP) is 4.17. The highest BCUT2D eigenvalue weighted by atomic mass is 16.8. The van der Waals surface area contributed by atoms with Gasteiger partial charge < -0.3 is 9.47 Å². The van der Waals surface area contributed by atoms with Crippen LogP contribution >= 0.6 is 0 Å². The van der Waals surface area contributed by atoms with Gasteiger partial charge in [0.2, 0.25) is 0 Å². The van der Waals surface area contributed by atoms with E-state index in [1.54, 1.807) is 0 Å². The number of nitrogens with zero attached hydrogens (tertiary/aromatic N) is 2. The van der Waals surface area contributed by atoms with Crippen LogP contribution in [-0.2, 0) is 14.4 Å². The smallest absolute Gasteiger partial charge is 0.0608 e. The average molecular weight is 357 g/mol. The lowest BCUT2D eigenvalue weighted by molar-refractivity contribution is -0.448. The molecule has 0 spiro atoms. The molecule has 0 N–H and O–H groups in total. The molecule has 2 saturated heterocycles. The fourth-order valence-electron chi connectivity index (χ4n) is 5.20. The van der Waals surface area contributed by atoms with Crippen molar-refractivity contribution in [2.45, 2.75) is 115 Å². The Balaban J connectivity index is 2.29. The van der Waals surface area contributed by atoms with Crippen molar-refractivity contribution >= 4 is 0 Å². The van der Waals surface area contributed by atoms with Crippen molar-refractivity contribution in [1.82, 2.24) is 10.1 Å². The number of rotatable bonds is 4. The second kappa shape index (κ2) is 6.75. The van der Waals surface area contributed by atoms with Crippen molar-refractivity contribution in [2.24, 2.45) is 0 Å². The van der Waals surface area contributed by atoms with Crippen LogP contribution in [0.4, 0.5) is 0 Å². The Labute approximate surface area is 154 Å². The van der Waals surface area contributed by atoms with Gasteiger partial charge in [-0.25, -0.2) is 4.94 Å². The highest BCUT2D eigenvalue weighted by Gasteiger charge is 2.53. The molecule has 0 atom stereocenters. The first-order chi connectivity index (χ1) is 11.2. The van der Waals surface area contributed by atoms with Gasteiger partial charge in [-0.3, -0.25) is 0 Å². The van der Waals surface area contributed by atoms with Crippen LogP contribution in [0.25, 0.3) is 0 Å². The van der Waals surface area contributed by atoms with Gasteiger partial charge in [-0.15, -0.1) is 0 Å². The number of hydrogen-bond donors (Lipinski definition) is 0. The van der Waals surface area contributed by atoms with Gasteiger partial charge in [0.15, 0.2) is 0 Å². The first-order valence-electron chi connectivity index (χ1n) is 9.59. The fraction of sp³-hybridized carbons (Fsp3) is 1.00. The molecule has 2 rings (SSSR count). The van der Waals surface area contributed by atoms with Gasteiger partial charge in [0.1, 0.15) is 0 Å². The zero-order valence-corrected chi connectivity index (χ0v) is 18.1. The van der Waals surface area contributed by atoms with Crippen LogP contribution in [0.5, 0.6) is 0 Å². The van der Waals surface area contributed by atoms with E-state index in [4.69, 9.17) is 14.4 Å². The van der Waals surface area contributed by atoms with Gasteiger partial charge in [-0.05, 0) is 81.1 Å². The molecule has 0 amide bonds. The number of ether oxygens (including phenoxy) is 2. The molecule has 2 aliphatic heterocycles. The number of piperidine rings is 2. The number of hydrogen-bond acceptors (Lipinski definition) is 5. The maximum absolute atomic E-state index is 6.73. The van der Waals surface area contributed by atoms with Crippen LogP contribution in [-0.4, -0.2) is 58.7 Å². The third-order valence-electron chi connectivity index (χ3n) is 5.94. The topological polar surface area (TPSA) is 34.2 Å². The number of methoxy groups -OCH3 is 2. The normalized spacial score (nSPS) is 30.5. The summed E-state index contributed by atoms with van der Waals surface area (Å²) in [6.07, 6.45) is 4.38. The first kappa shape index (κ1) is 21.1. The van der Waals surface area contributed by atoms with E-state index in [2.05, 4.69) is 65.5 Å². The summed E-state index contributed by atoms with van der Waals surface area (Å²) < 4.78 is 11.4. The van der Waals surface area contributed by atoms with Crippen molar-refractivity contribution in [3.63, 3.8) is 0 Å². The molecule has 5 heteroatoms. The third kappa shape index (κ3) is 4.22. The Kier molecular flexibility index (Phi) is 5.70. The molecule has 2 fully saturated rings. The molecule has 0 saturated carbocycles. The largest absolute Gasteiger partial charge is 0.381 e. The second-order valence-corrected chi connectivity index (χ2v) is 10.5. The van der Waals surface area contributed by atoms with Gasteiger partial charge in [0.05, 0.1) is 12.2 Å². The van der Waals surface area contributed by atoms with E-state index in [0.29, 0.717) is 0 Å². The van der Waals surface area contributed by atoms with Gasteiger partial charge in [-0.2, -0.15) is 10.1 Å². The van der Waals surface area contributed by atoms with E-state index in [1.165, 1.54) is 0 Å². The summed E-state index contributed by atoms with van der Waals surface area (Å²) >= 11 is 0.